The number of aliphatic hydroxyl groups excluding tert-OH is 1. The first-order valence-corrected chi connectivity index (χ1v) is 3.87. The molecule has 3 N–H and O–H groups in total. The van der Waals surface area contributed by atoms with E-state index >= 15 is 0 Å². The number of rotatable bonds is 7. The summed E-state index contributed by atoms with van der Waals surface area (Å²) in [6.45, 7) is 3.37. The summed E-state index contributed by atoms with van der Waals surface area (Å²) >= 11 is 0. The van der Waals surface area contributed by atoms with E-state index in [1.165, 1.54) is 0 Å². The van der Waals surface area contributed by atoms with Gasteiger partial charge < -0.3 is 20.3 Å². The molecule has 0 bridgehead atoms. The van der Waals surface area contributed by atoms with Gasteiger partial charge >= 0.3 is 0 Å². The van der Waals surface area contributed by atoms with E-state index in [-0.39, 0.29) is 12.8 Å². The Hall–Kier alpha value is -0.160. The van der Waals surface area contributed by atoms with Gasteiger partial charge in [0.2, 0.25) is 0 Å². The molecule has 0 saturated carbocycles. The van der Waals surface area contributed by atoms with Crippen molar-refractivity contribution in [1.29, 1.82) is 0 Å². The van der Waals surface area contributed by atoms with E-state index in [2.05, 4.69) is 0 Å². The highest BCUT2D eigenvalue weighted by Gasteiger charge is 1.96. The summed E-state index contributed by atoms with van der Waals surface area (Å²) in [4.78, 5) is 0. The van der Waals surface area contributed by atoms with E-state index in [0.717, 1.165) is 6.42 Å². The molecule has 11 heavy (non-hydrogen) atoms. The first-order valence-electron chi connectivity index (χ1n) is 3.87. The first-order chi connectivity index (χ1) is 5.31. The maximum absolute atomic E-state index is 8.33. The van der Waals surface area contributed by atoms with Gasteiger partial charge in [0.05, 0.1) is 26.4 Å². The molecule has 0 aromatic heterocycles. The average Bonchev–Trinajstić information content (AvgIpc) is 2.04. The van der Waals surface area contributed by atoms with Gasteiger partial charge in [0, 0.05) is 0 Å². The second-order valence-electron chi connectivity index (χ2n) is 2.15. The predicted octanol–water partition coefficient (Wildman–Crippen LogP) is -0.293. The SMILES string of the molecule is CCC(N)OCCOCCO. The molecule has 1 atom stereocenters. The summed E-state index contributed by atoms with van der Waals surface area (Å²) in [6, 6.07) is 0. The molecule has 4 nitrogen and oxygen atoms in total. The van der Waals surface area contributed by atoms with Crippen molar-refractivity contribution in [3.05, 3.63) is 0 Å². The minimum atomic E-state index is -0.187. The van der Waals surface area contributed by atoms with Gasteiger partial charge in [0.25, 0.3) is 0 Å². The normalized spacial score (nSPS) is 13.4. The molecule has 0 aliphatic rings. The Kier molecular flexibility index (Phi) is 7.83. The molecule has 0 amide bonds. The van der Waals surface area contributed by atoms with Gasteiger partial charge in [-0.25, -0.2) is 0 Å². The van der Waals surface area contributed by atoms with Crippen LogP contribution in [0.5, 0.6) is 0 Å². The van der Waals surface area contributed by atoms with E-state index < -0.39 is 0 Å². The number of aliphatic hydroxyl groups is 1. The highest BCUT2D eigenvalue weighted by atomic mass is 16.5. The Bertz CT molecular complexity index is 80.1. The summed E-state index contributed by atoms with van der Waals surface area (Å²) in [5, 5.41) is 8.33. The largest absolute Gasteiger partial charge is 0.394 e. The lowest BCUT2D eigenvalue weighted by molar-refractivity contribution is -0.00121. The van der Waals surface area contributed by atoms with E-state index in [1.807, 2.05) is 6.92 Å². The molecule has 4 heteroatoms. The van der Waals surface area contributed by atoms with Gasteiger partial charge in [-0.05, 0) is 6.42 Å². The second-order valence-corrected chi connectivity index (χ2v) is 2.15. The number of ether oxygens (including phenoxy) is 2. The van der Waals surface area contributed by atoms with Crippen LogP contribution >= 0.6 is 0 Å². The molecule has 0 aliphatic heterocycles. The molecule has 1 unspecified atom stereocenters. The third kappa shape index (κ3) is 7.74. The summed E-state index contributed by atoms with van der Waals surface area (Å²) in [5.41, 5.74) is 5.46. The van der Waals surface area contributed by atoms with Crippen LogP contribution in [0.15, 0.2) is 0 Å². The van der Waals surface area contributed by atoms with Crippen molar-refractivity contribution in [3.8, 4) is 0 Å². The lowest BCUT2D eigenvalue weighted by Gasteiger charge is -2.09. The van der Waals surface area contributed by atoms with Crippen molar-refractivity contribution in [1.82, 2.24) is 0 Å². The van der Waals surface area contributed by atoms with Crippen molar-refractivity contribution in [2.45, 2.75) is 19.6 Å². The van der Waals surface area contributed by atoms with Crippen LogP contribution in [0.3, 0.4) is 0 Å². The molecule has 0 rings (SSSR count). The fraction of sp³-hybridized carbons (Fsp3) is 1.00. The van der Waals surface area contributed by atoms with Gasteiger partial charge in [-0.2, -0.15) is 0 Å². The summed E-state index contributed by atoms with van der Waals surface area (Å²) in [6.07, 6.45) is 0.618. The third-order valence-corrected chi connectivity index (χ3v) is 1.20. The van der Waals surface area contributed by atoms with Crippen molar-refractivity contribution < 1.29 is 14.6 Å². The molecule has 0 saturated heterocycles. The van der Waals surface area contributed by atoms with Crippen LogP contribution in [0.1, 0.15) is 13.3 Å². The van der Waals surface area contributed by atoms with Gasteiger partial charge in [0.15, 0.2) is 0 Å². The number of hydrogen-bond donors (Lipinski definition) is 2. The minimum Gasteiger partial charge on any atom is -0.394 e. The lowest BCUT2D eigenvalue weighted by Crippen LogP contribution is -2.24. The van der Waals surface area contributed by atoms with Gasteiger partial charge in [-0.3, -0.25) is 0 Å². The zero-order chi connectivity index (χ0) is 8.53. The van der Waals surface area contributed by atoms with Crippen molar-refractivity contribution in [2.75, 3.05) is 26.4 Å². The van der Waals surface area contributed by atoms with E-state index in [1.54, 1.807) is 0 Å². The van der Waals surface area contributed by atoms with Crippen LogP contribution in [0.2, 0.25) is 0 Å². The zero-order valence-electron chi connectivity index (χ0n) is 6.95. The molecule has 0 fully saturated rings. The van der Waals surface area contributed by atoms with E-state index in [4.69, 9.17) is 20.3 Å². The maximum Gasteiger partial charge on any atom is 0.105 e. The predicted molar refractivity (Wildman–Crippen MR) is 42.1 cm³/mol. The third-order valence-electron chi connectivity index (χ3n) is 1.20. The van der Waals surface area contributed by atoms with Crippen LogP contribution in [0, 0.1) is 0 Å². The van der Waals surface area contributed by atoms with Crippen molar-refractivity contribution in [3.63, 3.8) is 0 Å². The lowest BCUT2D eigenvalue weighted by atomic mass is 10.4. The Balaban J connectivity index is 2.89. The first kappa shape index (κ1) is 10.8. The second kappa shape index (κ2) is 7.94. The molecular weight excluding hydrogens is 146 g/mol. The van der Waals surface area contributed by atoms with Gasteiger partial charge in [-0.15, -0.1) is 0 Å². The maximum atomic E-state index is 8.33. The molecule has 0 aromatic rings. The Labute approximate surface area is 67.3 Å². The average molecular weight is 163 g/mol. The quantitative estimate of drug-likeness (QED) is 0.400. The van der Waals surface area contributed by atoms with Crippen molar-refractivity contribution >= 4 is 0 Å². The minimum absolute atomic E-state index is 0.0554. The molecule has 0 aliphatic carbocycles. The topological polar surface area (TPSA) is 64.7 Å². The molecular formula is C7H17NO3. The van der Waals surface area contributed by atoms with Gasteiger partial charge in [-0.1, -0.05) is 6.92 Å². The molecule has 0 spiro atoms. The molecule has 68 valence electrons. The molecule has 0 aromatic carbocycles. The van der Waals surface area contributed by atoms with Gasteiger partial charge in [0.1, 0.15) is 6.23 Å². The van der Waals surface area contributed by atoms with E-state index in [9.17, 15) is 0 Å². The standard InChI is InChI=1S/C7H17NO3/c1-2-7(8)11-6-5-10-4-3-9/h7,9H,2-6,8H2,1H3. The highest BCUT2D eigenvalue weighted by Crippen LogP contribution is 1.88. The highest BCUT2D eigenvalue weighted by molar-refractivity contribution is 4.41. The fourth-order valence-corrected chi connectivity index (χ4v) is 0.543. The van der Waals surface area contributed by atoms with Crippen LogP contribution in [0.25, 0.3) is 0 Å². The van der Waals surface area contributed by atoms with Crippen molar-refractivity contribution in [2.24, 2.45) is 5.73 Å². The number of nitrogens with two attached hydrogens (primary N) is 1. The van der Waals surface area contributed by atoms with Crippen LogP contribution in [-0.2, 0) is 9.47 Å². The van der Waals surface area contributed by atoms with E-state index in [0.29, 0.717) is 19.8 Å². The monoisotopic (exact) mass is 163 g/mol. The summed E-state index contributed by atoms with van der Waals surface area (Å²) in [7, 11) is 0. The van der Waals surface area contributed by atoms with Crippen LogP contribution < -0.4 is 5.73 Å². The molecule has 0 radical (unpaired) electrons. The smallest absolute Gasteiger partial charge is 0.105 e. The van der Waals surface area contributed by atoms with Crippen LogP contribution in [0.4, 0.5) is 0 Å². The number of hydrogen-bond acceptors (Lipinski definition) is 4. The Morgan fingerprint density at radius 3 is 2.64 bits per heavy atom. The Morgan fingerprint density at radius 1 is 1.36 bits per heavy atom. The Morgan fingerprint density at radius 2 is 2.09 bits per heavy atom. The molecule has 0 heterocycles. The summed E-state index contributed by atoms with van der Waals surface area (Å²) < 4.78 is 10.1. The zero-order valence-corrected chi connectivity index (χ0v) is 6.95. The summed E-state index contributed by atoms with van der Waals surface area (Å²) in [5.74, 6) is 0. The fourth-order valence-electron chi connectivity index (χ4n) is 0.543. The van der Waals surface area contributed by atoms with Crippen LogP contribution in [-0.4, -0.2) is 37.8 Å².